The maximum atomic E-state index is 14.2. The van der Waals surface area contributed by atoms with Gasteiger partial charge in [-0.05, 0) is 32.9 Å². The molecule has 6 N–H and O–H groups in total. The molecule has 0 fully saturated rings. The Morgan fingerprint density at radius 1 is 1.06 bits per heavy atom. The normalized spacial score (nSPS) is 11.3. The maximum absolute atomic E-state index is 14.2. The number of nitrogens with zero attached hydrogens (tertiary/aromatic N) is 2. The minimum Gasteiger partial charge on any atom is -0.444 e. The lowest BCUT2D eigenvalue weighted by Crippen LogP contribution is -2.46. The fraction of sp³-hybridized carbons (Fsp3) is 0.278. The molecule has 0 saturated carbocycles. The molecule has 0 unspecified atom stereocenters. The number of nitrogens with one attached hydrogen (secondary N) is 4. The first-order valence-electron chi connectivity index (χ1n) is 9.09. The molecule has 0 saturated heterocycles. The smallest absolute Gasteiger partial charge is 0.412 e. The number of hydrogen-bond acceptors (Lipinski definition) is 7. The van der Waals surface area contributed by atoms with Crippen molar-refractivity contribution in [2.24, 2.45) is 0 Å². The van der Waals surface area contributed by atoms with E-state index in [4.69, 9.17) is 10.6 Å². The molecule has 178 valence electrons. The summed E-state index contributed by atoms with van der Waals surface area (Å²) in [6.07, 6.45) is 0.408. The third kappa shape index (κ3) is 7.26. The van der Waals surface area contributed by atoms with E-state index in [-0.39, 0.29) is 17.1 Å². The highest BCUT2D eigenvalue weighted by atomic mass is 127. The van der Waals surface area contributed by atoms with Gasteiger partial charge >= 0.3 is 17.9 Å². The quantitative estimate of drug-likeness (QED) is 0.119. The Bertz CT molecular complexity index is 1070. The van der Waals surface area contributed by atoms with E-state index in [9.17, 15) is 28.0 Å². The van der Waals surface area contributed by atoms with E-state index in [1.165, 1.54) is 28.8 Å². The lowest BCUT2D eigenvalue weighted by atomic mass is 10.1. The third-order valence-electron chi connectivity index (χ3n) is 3.67. The molecule has 0 spiro atoms. The number of carbonyl (C=O) groups excluding carboxylic acids is 4. The number of hydrazine groups is 1. The molecule has 1 aromatic carbocycles. The van der Waals surface area contributed by atoms with Crippen LogP contribution < -0.4 is 27.3 Å². The van der Waals surface area contributed by atoms with Gasteiger partial charge < -0.3 is 15.9 Å². The number of hydrogen-bond donors (Lipinski definition) is 5. The van der Waals surface area contributed by atoms with Crippen LogP contribution in [-0.2, 0) is 15.5 Å². The summed E-state index contributed by atoms with van der Waals surface area (Å²) in [6, 6.07) is 3.87. The van der Waals surface area contributed by atoms with E-state index < -0.39 is 38.9 Å². The summed E-state index contributed by atoms with van der Waals surface area (Å²) in [4.78, 5) is 47.7. The average molecular weight is 579 g/mol. The second-order valence-corrected chi connectivity index (χ2v) is 8.44. The van der Waals surface area contributed by atoms with E-state index in [1.54, 1.807) is 31.6 Å². The molecule has 0 bridgehead atoms. The molecule has 2 aromatic rings. The lowest BCUT2D eigenvalue weighted by molar-refractivity contribution is -0.147. The molecule has 0 aliphatic heterocycles. The van der Waals surface area contributed by atoms with Gasteiger partial charge in [-0.25, -0.2) is 4.79 Å². The van der Waals surface area contributed by atoms with Gasteiger partial charge in [0.25, 0.3) is 9.82 Å². The number of ether oxygens (including phenoxy) is 1. The van der Waals surface area contributed by atoms with Crippen molar-refractivity contribution in [3.63, 3.8) is 0 Å². The topological polar surface area (TPSA) is 169 Å². The molecule has 2 rings (SSSR count). The predicted octanol–water partition coefficient (Wildman–Crippen LogP) is 2.46. The molecule has 33 heavy (non-hydrogen) atoms. The molecule has 0 aliphatic rings. The fourth-order valence-corrected chi connectivity index (χ4v) is 2.45. The molecule has 0 atom stereocenters. The van der Waals surface area contributed by atoms with E-state index in [1.807, 2.05) is 0 Å². The summed E-state index contributed by atoms with van der Waals surface area (Å²) in [5, 5.41) is 8.61. The Morgan fingerprint density at radius 2 is 1.67 bits per heavy atom. The third-order valence-corrected chi connectivity index (χ3v) is 3.94. The number of benzene rings is 1. The number of anilines is 2. The zero-order chi connectivity index (χ0) is 25.0. The first kappa shape index (κ1) is 25.8. The lowest BCUT2D eigenvalue weighted by Gasteiger charge is -2.19. The second-order valence-electron chi connectivity index (χ2n) is 7.46. The molecular weight excluding hydrogens is 559 g/mol. The number of carbonyl (C=O) groups is 4. The van der Waals surface area contributed by atoms with Gasteiger partial charge in [-0.15, -0.1) is 5.10 Å². The van der Waals surface area contributed by atoms with Crippen LogP contribution >= 0.6 is 22.6 Å². The zero-order valence-corrected chi connectivity index (χ0v) is 19.7. The first-order valence-corrected chi connectivity index (χ1v) is 10.2. The van der Waals surface area contributed by atoms with E-state index in [2.05, 4.69) is 15.7 Å². The monoisotopic (exact) mass is 579 g/mol. The molecule has 1 aromatic heterocycles. The Hall–Kier alpha value is -3.50. The second kappa shape index (κ2) is 9.97. The maximum Gasteiger partial charge on any atom is 0.412 e. The fourth-order valence-electron chi connectivity index (χ4n) is 2.32. The van der Waals surface area contributed by atoms with Crippen LogP contribution in [0.4, 0.5) is 29.9 Å². The largest absolute Gasteiger partial charge is 0.444 e. The van der Waals surface area contributed by atoms with Crippen LogP contribution in [0.25, 0.3) is 0 Å². The average Bonchev–Trinajstić information content (AvgIpc) is 3.02. The number of alkyl halides is 2. The van der Waals surface area contributed by atoms with E-state index in [0.717, 1.165) is 29.1 Å². The van der Waals surface area contributed by atoms with Gasteiger partial charge in [0.2, 0.25) is 0 Å². The van der Waals surface area contributed by atoms with Gasteiger partial charge in [0.1, 0.15) is 11.3 Å². The molecule has 1 heterocycles. The van der Waals surface area contributed by atoms with Gasteiger partial charge in [-0.1, -0.05) is 12.1 Å². The molecule has 12 nitrogen and oxygen atoms in total. The number of amides is 4. The number of rotatable bonds is 5. The standard InChI is InChI=1S/C18H20F2IN7O5/c1-17(2,3)33-16(32)23-11-8-28(22)27-12(11)24-13(29)9-4-6-10(7-5-9)18(19,20)14(30)25-26-15(21)31/h4-8H,22H2,1-3H3,(H,23,32)(H,25,30)(H,26,31)(H,24,27,29). The van der Waals surface area contributed by atoms with Gasteiger partial charge in [-0.3, -0.25) is 30.6 Å². The molecular formula is C18H20F2IN7O5. The molecule has 0 aliphatic carbocycles. The summed E-state index contributed by atoms with van der Waals surface area (Å²) in [5.41, 5.74) is 1.85. The SMILES string of the molecule is CC(C)(C)OC(=O)Nc1cn(N)nc1NC(=O)c1ccc(C(F)(F)C(=O)NNC(=O)I)cc1. The molecule has 0 radical (unpaired) electrons. The van der Waals surface area contributed by atoms with Gasteiger partial charge in [0.15, 0.2) is 5.82 Å². The van der Waals surface area contributed by atoms with Crippen LogP contribution in [0.2, 0.25) is 0 Å². The van der Waals surface area contributed by atoms with E-state index in [0.29, 0.717) is 0 Å². The van der Waals surface area contributed by atoms with Gasteiger partial charge in [0.05, 0.1) is 6.20 Å². The molecule has 4 amide bonds. The minimum atomic E-state index is -3.98. The van der Waals surface area contributed by atoms with Crippen LogP contribution in [0.3, 0.4) is 0 Å². The highest BCUT2D eigenvalue weighted by Gasteiger charge is 2.41. The van der Waals surface area contributed by atoms with Crippen molar-refractivity contribution in [2.75, 3.05) is 16.5 Å². The Labute approximate surface area is 199 Å². The summed E-state index contributed by atoms with van der Waals surface area (Å²) in [6.45, 7) is 4.99. The number of nitrogen functional groups attached to an aromatic ring is 1. The number of nitrogens with two attached hydrogens (primary N) is 1. The number of halogens is 3. The molecule has 15 heteroatoms. The Kier molecular flexibility index (Phi) is 7.78. The van der Waals surface area contributed by atoms with Crippen LogP contribution in [-0.4, -0.2) is 37.3 Å². The van der Waals surface area contributed by atoms with Crippen LogP contribution in [0.15, 0.2) is 30.5 Å². The predicted molar refractivity (Wildman–Crippen MR) is 121 cm³/mol. The van der Waals surface area contributed by atoms with Crippen LogP contribution in [0.1, 0.15) is 36.7 Å². The minimum absolute atomic E-state index is 0.0391. The highest BCUT2D eigenvalue weighted by Crippen LogP contribution is 2.28. The van der Waals surface area contributed by atoms with E-state index >= 15 is 0 Å². The summed E-state index contributed by atoms with van der Waals surface area (Å²) in [5.74, 6) is -1.05. The highest BCUT2D eigenvalue weighted by molar-refractivity contribution is 14.1. The Morgan fingerprint density at radius 3 is 2.21 bits per heavy atom. The van der Waals surface area contributed by atoms with Crippen LogP contribution in [0.5, 0.6) is 0 Å². The van der Waals surface area contributed by atoms with Gasteiger partial charge in [-0.2, -0.15) is 13.6 Å². The zero-order valence-electron chi connectivity index (χ0n) is 17.5. The van der Waals surface area contributed by atoms with Gasteiger partial charge in [0, 0.05) is 33.7 Å². The summed E-state index contributed by atoms with van der Waals surface area (Å²) < 4.78 is 32.8. The Balaban J connectivity index is 2.12. The van der Waals surface area contributed by atoms with Crippen molar-refractivity contribution >= 4 is 55.9 Å². The van der Waals surface area contributed by atoms with Crippen molar-refractivity contribution in [1.82, 2.24) is 20.7 Å². The summed E-state index contributed by atoms with van der Waals surface area (Å²) >= 11 is 1.26. The van der Waals surface area contributed by atoms with Crippen molar-refractivity contribution in [3.8, 4) is 0 Å². The van der Waals surface area contributed by atoms with Crippen molar-refractivity contribution < 1.29 is 32.7 Å². The van der Waals surface area contributed by atoms with Crippen molar-refractivity contribution in [1.29, 1.82) is 0 Å². The summed E-state index contributed by atoms with van der Waals surface area (Å²) in [7, 11) is 0. The first-order chi connectivity index (χ1) is 15.2. The van der Waals surface area contributed by atoms with Crippen molar-refractivity contribution in [3.05, 3.63) is 41.6 Å². The van der Waals surface area contributed by atoms with Crippen LogP contribution in [0, 0.1) is 0 Å². The van der Waals surface area contributed by atoms with Crippen molar-refractivity contribution in [2.45, 2.75) is 32.3 Å². The number of aromatic nitrogens is 2.